The first-order chi connectivity index (χ1) is 14.7. The molecular formula is C19H18F3N3O6. The number of fused-ring (bicyclic) bond motifs is 3. The lowest BCUT2D eigenvalue weighted by atomic mass is 10.2. The van der Waals surface area contributed by atoms with Crippen LogP contribution in [0, 0.1) is 0 Å². The molecule has 2 aliphatic rings. The summed E-state index contributed by atoms with van der Waals surface area (Å²) in [4.78, 5) is 28.3. The van der Waals surface area contributed by atoms with Crippen molar-refractivity contribution in [1.29, 1.82) is 0 Å². The van der Waals surface area contributed by atoms with Crippen molar-refractivity contribution < 1.29 is 41.7 Å². The number of carbonyl (C=O) groups is 2. The number of carbonyl (C=O) groups excluding carboxylic acids is 2. The quantitative estimate of drug-likeness (QED) is 0.674. The minimum Gasteiger partial charge on any atom is -0.491 e. The van der Waals surface area contributed by atoms with Crippen LogP contribution >= 0.6 is 0 Å². The Morgan fingerprint density at radius 2 is 2.10 bits per heavy atom. The second-order valence-corrected chi connectivity index (χ2v) is 6.91. The van der Waals surface area contributed by atoms with E-state index in [1.165, 1.54) is 20.2 Å². The van der Waals surface area contributed by atoms with Gasteiger partial charge < -0.3 is 23.5 Å². The molecule has 1 unspecified atom stereocenters. The van der Waals surface area contributed by atoms with Gasteiger partial charge in [-0.3, -0.25) is 0 Å². The van der Waals surface area contributed by atoms with Crippen LogP contribution < -0.4 is 14.4 Å². The van der Waals surface area contributed by atoms with Gasteiger partial charge in [-0.2, -0.15) is 13.2 Å². The van der Waals surface area contributed by atoms with Gasteiger partial charge >= 0.3 is 18.2 Å². The van der Waals surface area contributed by atoms with Gasteiger partial charge in [0.2, 0.25) is 0 Å². The van der Waals surface area contributed by atoms with Crippen LogP contribution in [0.3, 0.4) is 0 Å². The molecule has 0 saturated carbocycles. The first kappa shape index (κ1) is 20.8. The number of rotatable bonds is 4. The Kier molecular flexibility index (Phi) is 5.15. The number of ether oxygens (including phenoxy) is 4. The molecule has 1 fully saturated rings. The normalized spacial score (nSPS) is 18.9. The van der Waals surface area contributed by atoms with Gasteiger partial charge in [-0.15, -0.1) is 0 Å². The third kappa shape index (κ3) is 3.84. The largest absolute Gasteiger partial charge is 0.491 e. The van der Waals surface area contributed by atoms with Crippen molar-refractivity contribution in [3.05, 3.63) is 24.4 Å². The van der Waals surface area contributed by atoms with Crippen LogP contribution in [0.4, 0.5) is 23.8 Å². The fraction of sp³-hybridized carbons (Fsp3) is 0.421. The van der Waals surface area contributed by atoms with E-state index in [0.29, 0.717) is 34.3 Å². The molecule has 31 heavy (non-hydrogen) atoms. The van der Waals surface area contributed by atoms with Crippen molar-refractivity contribution in [3.8, 4) is 22.9 Å². The number of methoxy groups -OCH3 is 1. The Labute approximate surface area is 174 Å². The summed E-state index contributed by atoms with van der Waals surface area (Å²) in [5.41, 5.74) is 0.498. The third-order valence-corrected chi connectivity index (χ3v) is 4.89. The maximum absolute atomic E-state index is 13.3. The van der Waals surface area contributed by atoms with Gasteiger partial charge in [-0.1, -0.05) is 0 Å². The Morgan fingerprint density at radius 3 is 2.81 bits per heavy atom. The number of esters is 1. The van der Waals surface area contributed by atoms with Gasteiger partial charge in [0.15, 0.2) is 18.0 Å². The third-order valence-electron chi connectivity index (χ3n) is 4.89. The number of nitrogens with zero attached hydrogens (tertiary/aromatic N) is 3. The lowest BCUT2D eigenvalue weighted by Gasteiger charge is -2.21. The maximum atomic E-state index is 13.3. The zero-order valence-corrected chi connectivity index (χ0v) is 16.5. The van der Waals surface area contributed by atoms with E-state index in [1.807, 2.05) is 0 Å². The monoisotopic (exact) mass is 441 g/mol. The van der Waals surface area contributed by atoms with Crippen molar-refractivity contribution >= 4 is 17.9 Å². The van der Waals surface area contributed by atoms with Gasteiger partial charge in [0.25, 0.3) is 0 Å². The fourth-order valence-corrected chi connectivity index (χ4v) is 3.37. The van der Waals surface area contributed by atoms with E-state index >= 15 is 0 Å². The first-order valence-corrected chi connectivity index (χ1v) is 9.30. The highest BCUT2D eigenvalue weighted by atomic mass is 19.4. The van der Waals surface area contributed by atoms with E-state index in [-0.39, 0.29) is 12.4 Å². The number of halogens is 3. The molecule has 1 saturated heterocycles. The average Bonchev–Trinajstić information content (AvgIpc) is 3.26. The first-order valence-electron chi connectivity index (χ1n) is 9.30. The predicted molar refractivity (Wildman–Crippen MR) is 98.9 cm³/mol. The van der Waals surface area contributed by atoms with Gasteiger partial charge in [0.1, 0.15) is 30.5 Å². The van der Waals surface area contributed by atoms with E-state index in [9.17, 15) is 22.8 Å². The van der Waals surface area contributed by atoms with Crippen molar-refractivity contribution in [2.24, 2.45) is 0 Å². The molecule has 0 bridgehead atoms. The van der Waals surface area contributed by atoms with Crippen LogP contribution in [0.25, 0.3) is 11.4 Å². The Bertz CT molecular complexity index is 1020. The molecular weight excluding hydrogens is 423 g/mol. The second kappa shape index (κ2) is 7.67. The van der Waals surface area contributed by atoms with Crippen molar-refractivity contribution in [2.75, 3.05) is 25.2 Å². The van der Waals surface area contributed by atoms with Gasteiger partial charge in [0.05, 0.1) is 19.2 Å². The molecule has 0 N–H and O–H groups in total. The average molecular weight is 441 g/mol. The minimum absolute atomic E-state index is 0.160. The summed E-state index contributed by atoms with van der Waals surface area (Å²) in [6, 6.07) is 2.65. The lowest BCUT2D eigenvalue weighted by Crippen LogP contribution is -2.44. The number of cyclic esters (lactones) is 1. The van der Waals surface area contributed by atoms with Crippen molar-refractivity contribution in [3.63, 3.8) is 0 Å². The predicted octanol–water partition coefficient (Wildman–Crippen LogP) is 2.77. The van der Waals surface area contributed by atoms with Crippen molar-refractivity contribution in [1.82, 2.24) is 9.55 Å². The summed E-state index contributed by atoms with van der Waals surface area (Å²) in [6.07, 6.45) is -5.24. The van der Waals surface area contributed by atoms with E-state index in [4.69, 9.17) is 9.47 Å². The standard InChI is InChI=1S/C19H18F3N3O6/c1-10(17(26)28-2)31-11-3-4-12-13(7-11)29-6-5-24-8-15(23-16(12)24)25-14(19(20,21)22)9-30-18(25)27/h3-4,7-8,10,14H,5-6,9H2,1-2H3/t10-,14?/m0/s1. The molecule has 2 aliphatic heterocycles. The van der Waals surface area contributed by atoms with Crippen molar-refractivity contribution in [2.45, 2.75) is 31.8 Å². The Balaban J connectivity index is 1.67. The number of anilines is 1. The number of hydrogen-bond acceptors (Lipinski definition) is 7. The molecule has 9 nitrogen and oxygen atoms in total. The number of aromatic nitrogens is 2. The van der Waals surface area contributed by atoms with E-state index < -0.39 is 37.0 Å². The molecule has 3 heterocycles. The number of alkyl halides is 3. The van der Waals surface area contributed by atoms with Gasteiger partial charge in [-0.05, 0) is 19.1 Å². The van der Waals surface area contributed by atoms with E-state index in [0.717, 1.165) is 0 Å². The van der Waals surface area contributed by atoms with E-state index in [1.54, 1.807) is 22.8 Å². The highest BCUT2D eigenvalue weighted by molar-refractivity contribution is 5.90. The number of benzene rings is 1. The number of hydrogen-bond donors (Lipinski definition) is 0. The summed E-state index contributed by atoms with van der Waals surface area (Å²) in [5.74, 6) is 0.342. The fourth-order valence-electron chi connectivity index (χ4n) is 3.37. The van der Waals surface area contributed by atoms with Crippen LogP contribution in [0.1, 0.15) is 6.92 Å². The Morgan fingerprint density at radius 1 is 1.32 bits per heavy atom. The summed E-state index contributed by atoms with van der Waals surface area (Å²) in [6.45, 7) is 1.25. The summed E-state index contributed by atoms with van der Waals surface area (Å²) in [7, 11) is 1.25. The Hall–Kier alpha value is -3.44. The zero-order chi connectivity index (χ0) is 22.3. The number of amides is 1. The van der Waals surface area contributed by atoms with Crippen LogP contribution in [0.5, 0.6) is 11.5 Å². The molecule has 166 valence electrons. The lowest BCUT2D eigenvalue weighted by molar-refractivity contribution is -0.148. The van der Waals surface area contributed by atoms with Crippen LogP contribution in [0.15, 0.2) is 24.4 Å². The summed E-state index contributed by atoms with van der Waals surface area (Å²) in [5, 5.41) is 0. The summed E-state index contributed by atoms with van der Waals surface area (Å²) >= 11 is 0. The second-order valence-electron chi connectivity index (χ2n) is 6.91. The molecule has 1 aromatic heterocycles. The molecule has 2 aromatic rings. The molecule has 2 atom stereocenters. The minimum atomic E-state index is -4.66. The van der Waals surface area contributed by atoms with Crippen LogP contribution in [-0.2, 0) is 20.8 Å². The molecule has 1 aromatic carbocycles. The summed E-state index contributed by atoms with van der Waals surface area (Å²) < 4.78 is 62.0. The highest BCUT2D eigenvalue weighted by Gasteiger charge is 2.52. The number of imidazole rings is 1. The highest BCUT2D eigenvalue weighted by Crippen LogP contribution is 2.38. The van der Waals surface area contributed by atoms with Crippen LogP contribution in [-0.4, -0.2) is 60.3 Å². The molecule has 0 radical (unpaired) electrons. The van der Waals surface area contributed by atoms with Gasteiger partial charge in [0, 0.05) is 12.3 Å². The smallest absolute Gasteiger partial charge is 0.416 e. The molecule has 12 heteroatoms. The molecule has 0 aliphatic carbocycles. The SMILES string of the molecule is COC(=O)[C@H](C)Oc1ccc2c(c1)OCCn1cc(N3C(=O)OCC3C(F)(F)F)nc1-2. The topological polar surface area (TPSA) is 92.1 Å². The van der Waals surface area contributed by atoms with Crippen LogP contribution in [0.2, 0.25) is 0 Å². The molecule has 4 rings (SSSR count). The van der Waals surface area contributed by atoms with E-state index in [2.05, 4.69) is 14.5 Å². The zero-order valence-electron chi connectivity index (χ0n) is 16.5. The maximum Gasteiger partial charge on any atom is 0.416 e. The molecule has 0 spiro atoms. The van der Waals surface area contributed by atoms with Gasteiger partial charge in [-0.25, -0.2) is 19.5 Å². The molecule has 1 amide bonds.